The number of piperidine rings is 4. The van der Waals surface area contributed by atoms with Gasteiger partial charge in [-0.3, -0.25) is 34.1 Å². The molecule has 4 saturated heterocycles. The first-order valence-corrected chi connectivity index (χ1v) is 46.1. The molecule has 732 valence electrons. The second-order valence-corrected chi connectivity index (χ2v) is 37.8. The number of amides is 4. The summed E-state index contributed by atoms with van der Waals surface area (Å²) in [5, 5.41) is 32.1. The van der Waals surface area contributed by atoms with E-state index in [-0.39, 0.29) is 184 Å². The van der Waals surface area contributed by atoms with Gasteiger partial charge in [-0.15, -0.1) is 40.8 Å². The Morgan fingerprint density at radius 1 is 0.355 bits per heavy atom. The molecule has 28 nitrogen and oxygen atoms in total. The van der Waals surface area contributed by atoms with E-state index in [1.165, 1.54) is 23.1 Å². The predicted molar refractivity (Wildman–Crippen MR) is 480 cm³/mol. The number of hydrogen-bond donors (Lipinski definition) is 0. The lowest BCUT2D eigenvalue weighted by atomic mass is 9.85. The van der Waals surface area contributed by atoms with Crippen LogP contribution in [0.4, 0.5) is 88.6 Å². The van der Waals surface area contributed by atoms with Crippen molar-refractivity contribution >= 4 is 113 Å². The summed E-state index contributed by atoms with van der Waals surface area (Å²) < 4.78 is 204. The largest absolute Gasteiger partial charge is 0.451 e. The van der Waals surface area contributed by atoms with E-state index < -0.39 is 59.6 Å². The first-order chi connectivity index (χ1) is 65.3. The molecule has 45 heteroatoms. The summed E-state index contributed by atoms with van der Waals surface area (Å²) in [6.07, 6.45) is -12.6. The van der Waals surface area contributed by atoms with Crippen LogP contribution in [0.15, 0.2) is 85.2 Å². The van der Waals surface area contributed by atoms with Crippen LogP contribution in [0.25, 0.3) is 43.6 Å². The Labute approximate surface area is 790 Å². The van der Waals surface area contributed by atoms with Crippen molar-refractivity contribution in [1.82, 2.24) is 98.6 Å². The van der Waals surface area contributed by atoms with Crippen LogP contribution in [0, 0.1) is 99.4 Å². The van der Waals surface area contributed by atoms with Crippen LogP contribution in [0.5, 0.6) is 0 Å². The third kappa shape index (κ3) is 19.5. The van der Waals surface area contributed by atoms with Crippen LogP contribution < -0.4 is 19.6 Å². The summed E-state index contributed by atoms with van der Waals surface area (Å²) in [6.45, 7) is 23.3. The van der Waals surface area contributed by atoms with Crippen molar-refractivity contribution in [2.75, 3.05) is 98.1 Å². The molecule has 20 rings (SSSR count). The minimum Gasteiger partial charge on any atom is -0.371 e. The maximum Gasteiger partial charge on any atom is 0.451 e. The van der Waals surface area contributed by atoms with Gasteiger partial charge >= 0.3 is 24.7 Å². The second-order valence-electron chi connectivity index (χ2n) is 37.0. The molecule has 0 spiro atoms. The van der Waals surface area contributed by atoms with Gasteiger partial charge in [-0.05, 0) is 143 Å². The summed E-state index contributed by atoms with van der Waals surface area (Å²) in [6, 6.07) is 20.6. The topological polar surface area (TPSA) is 269 Å². The average molecular weight is 1970 g/mol. The number of rotatable bonds is 8. The maximum absolute atomic E-state index is 14.4. The highest BCUT2D eigenvalue weighted by Crippen LogP contribution is 2.45. The molecule has 0 aliphatic carbocycles. The Kier molecular flexibility index (Phi) is 26.9. The van der Waals surface area contributed by atoms with Gasteiger partial charge in [0.25, 0.3) is 0 Å². The van der Waals surface area contributed by atoms with Gasteiger partial charge in [0.15, 0.2) is 29.1 Å². The molecule has 8 aliphatic rings. The smallest absolute Gasteiger partial charge is 0.371 e. The number of alkyl halides is 12. The van der Waals surface area contributed by atoms with Crippen molar-refractivity contribution < 1.29 is 85.0 Å². The zero-order valence-corrected chi connectivity index (χ0v) is 78.0. The van der Waals surface area contributed by atoms with Gasteiger partial charge in [0.05, 0.1) is 69.8 Å². The highest BCUT2D eigenvalue weighted by Gasteiger charge is 2.48. The number of anilines is 4. The van der Waals surface area contributed by atoms with Gasteiger partial charge in [0, 0.05) is 185 Å². The minimum atomic E-state index is -4.60. The Hall–Kier alpha value is -12.3. The molecule has 8 aliphatic heterocycles. The number of aromatic nitrogens is 16. The van der Waals surface area contributed by atoms with Gasteiger partial charge in [-0.1, -0.05) is 75.2 Å². The van der Waals surface area contributed by atoms with E-state index in [1.54, 1.807) is 46.1 Å². The van der Waals surface area contributed by atoms with E-state index in [9.17, 15) is 85.0 Å². The summed E-state index contributed by atoms with van der Waals surface area (Å²) in [5.41, 5.74) is 10.7. The normalized spacial score (nSPS) is 21.0. The van der Waals surface area contributed by atoms with E-state index in [2.05, 4.69) is 75.4 Å². The molecule has 4 fully saturated rings. The Morgan fingerprint density at radius 3 is 1.05 bits per heavy atom. The monoisotopic (exact) mass is 1970 g/mol. The lowest BCUT2D eigenvalue weighted by molar-refractivity contribution is -0.149. The first kappa shape index (κ1) is 97.3. The number of pyridine rings is 4. The molecule has 12 aromatic rings. The lowest BCUT2D eigenvalue weighted by Gasteiger charge is -2.41. The SMILES string of the molecule is Cc1cc(N2CC[C@H](C(=O)N3CCn4c(nnc4C(F)(F)F)C3)[C@H](C)C2)c2cc(F)cc(F)c2n1.Cc1ccc2c(N3CC[C@H](C(=O)N4CCn5c(nnc5C(F)(F)F)C4)[C@H](C)C3)c(Cl)cnc2c1.Cc1ccc2c(N3CC[C@H](C(=O)N4CCn5c(nnc5C(F)(F)F)C4)[C@H](C)C3)c(Cl)cnc2c1.Cc1nc2ccc(F)cc2c(N2CC[C@H](C(=O)N3CCn4c(nnc4C(F)(F)F)C3)[C@H](C)C2)c1C. The van der Waals surface area contributed by atoms with Crippen LogP contribution in [0.2, 0.25) is 10.0 Å². The molecule has 0 bridgehead atoms. The number of aryl methyl sites for hydroxylation is 4. The van der Waals surface area contributed by atoms with E-state index in [4.69, 9.17) is 23.2 Å². The van der Waals surface area contributed by atoms with Crippen molar-refractivity contribution in [2.24, 2.45) is 47.3 Å². The summed E-state index contributed by atoms with van der Waals surface area (Å²) in [4.78, 5) is 86.0. The fourth-order valence-electron chi connectivity index (χ4n) is 20.7. The highest BCUT2D eigenvalue weighted by molar-refractivity contribution is 6.35. The predicted octanol–water partition coefficient (Wildman–Crippen LogP) is 16.7. The van der Waals surface area contributed by atoms with Crippen molar-refractivity contribution in [1.29, 1.82) is 0 Å². The molecule has 0 unspecified atom stereocenters. The second kappa shape index (κ2) is 38.1. The average Bonchev–Trinajstić information content (AvgIpc) is 0.771. The van der Waals surface area contributed by atoms with Crippen LogP contribution in [0.3, 0.4) is 0 Å². The van der Waals surface area contributed by atoms with E-state index in [0.717, 1.165) is 96.5 Å². The molecule has 4 aromatic carbocycles. The molecule has 0 radical (unpaired) electrons. The molecular formula is C93H97Cl2F15N24O4. The quantitative estimate of drug-likeness (QED) is 0.128. The van der Waals surface area contributed by atoms with Crippen LogP contribution in [-0.4, -0.2) is 201 Å². The van der Waals surface area contributed by atoms with Crippen LogP contribution in [-0.2, 0) is 96.2 Å². The minimum absolute atomic E-state index is 0.00161. The lowest BCUT2D eigenvalue weighted by Crippen LogP contribution is -2.49. The van der Waals surface area contributed by atoms with Crippen molar-refractivity contribution in [3.8, 4) is 0 Å². The maximum atomic E-state index is 14.4. The third-order valence-electron chi connectivity index (χ3n) is 27.7. The zero-order chi connectivity index (χ0) is 98.5. The fourth-order valence-corrected chi connectivity index (χ4v) is 21.2. The van der Waals surface area contributed by atoms with E-state index >= 15 is 0 Å². The van der Waals surface area contributed by atoms with Crippen molar-refractivity contribution in [3.05, 3.63) is 187 Å². The molecule has 0 N–H and O–H groups in total. The van der Waals surface area contributed by atoms with Gasteiger partial charge in [0.2, 0.25) is 46.9 Å². The van der Waals surface area contributed by atoms with Gasteiger partial charge < -0.3 is 57.5 Å². The van der Waals surface area contributed by atoms with Crippen LogP contribution in [0.1, 0.15) is 128 Å². The number of carbonyl (C=O) groups excluding carboxylic acids is 4. The molecule has 0 saturated carbocycles. The van der Waals surface area contributed by atoms with Crippen molar-refractivity contribution in [3.63, 3.8) is 0 Å². The third-order valence-corrected chi connectivity index (χ3v) is 28.2. The van der Waals surface area contributed by atoms with Crippen LogP contribution >= 0.6 is 23.2 Å². The van der Waals surface area contributed by atoms with E-state index in [1.807, 2.05) is 96.7 Å². The Balaban J connectivity index is 0.000000127. The molecule has 138 heavy (non-hydrogen) atoms. The zero-order valence-electron chi connectivity index (χ0n) is 76.5. The number of nitrogens with zero attached hydrogens (tertiary/aromatic N) is 24. The summed E-state index contributed by atoms with van der Waals surface area (Å²) in [5.74, 6) is -6.55. The molecule has 4 amide bonds. The Bertz CT molecular complexity index is 6510. The summed E-state index contributed by atoms with van der Waals surface area (Å²) in [7, 11) is 0. The standard InChI is InChI=1S/C24H26F4N6O.2C23H24ClF3N6O.C23H23F5N6O/c1-13-11-32(21-14(2)15(3)29-19-5-4-16(25)10-18(19)21)7-6-17(13)22(35)33-8-9-34-20(12-33)30-31-23(34)24(26,27)28;2*1-13-3-4-16-18(9-13)28-10-17(24)20(16)31-6-5-15(14(2)11-31)21(34)32-7-8-33-19(12-32)29-30-22(33)23(25,26)27;1-12-10-32(18-7-13(2)29-20-16(18)8-14(24)9-17(20)25)4-3-15(12)21(35)33-5-6-34-19(11-33)30-31-22(34)23(26,27)28/h4-5,10,13,17H,6-9,11-12H2,1-3H3;2*3-4,9-10,14-15H,5-8,11-12H2,1-2H3;7-9,12,15H,3-6,10-11H2,1-2H3/t13-,17+;2*14-,15+;12-,15+/m1111/s1. The molecule has 8 aromatic heterocycles. The molecule has 16 heterocycles. The summed E-state index contributed by atoms with van der Waals surface area (Å²) >= 11 is 13.1. The van der Waals surface area contributed by atoms with Gasteiger partial charge in [-0.2, -0.15) is 52.7 Å². The molecular weight excluding hydrogens is 1870 g/mol. The number of halogens is 17. The Morgan fingerprint density at radius 2 is 0.696 bits per heavy atom. The fraction of sp³-hybridized carbons (Fsp3) is 0.484. The van der Waals surface area contributed by atoms with E-state index in [0.29, 0.717) is 105 Å². The van der Waals surface area contributed by atoms with Gasteiger partial charge in [0.1, 0.15) is 17.2 Å². The van der Waals surface area contributed by atoms with Gasteiger partial charge in [-0.25, -0.2) is 18.2 Å². The molecule has 8 atom stereocenters. The number of hydrogen-bond acceptors (Lipinski definition) is 20. The number of fused-ring (bicyclic) bond motifs is 8. The first-order valence-electron chi connectivity index (χ1n) is 45.4. The number of carbonyl (C=O) groups is 4. The van der Waals surface area contributed by atoms with Crippen molar-refractivity contribution in [2.45, 2.75) is 165 Å². The number of benzene rings is 4. The highest BCUT2D eigenvalue weighted by atomic mass is 35.5.